The monoisotopic (exact) mass is 450 g/mol. The number of phenols is 1. The summed E-state index contributed by atoms with van der Waals surface area (Å²) >= 11 is 0. The Labute approximate surface area is 197 Å². The Morgan fingerprint density at radius 3 is 2.64 bits per heavy atom. The number of hydrogen-bond donors (Lipinski definition) is 2. The van der Waals surface area contributed by atoms with Gasteiger partial charge in [0.1, 0.15) is 5.75 Å². The smallest absolute Gasteiger partial charge is 0.115 e. The van der Waals surface area contributed by atoms with E-state index in [2.05, 4.69) is 33.6 Å². The highest BCUT2D eigenvalue weighted by Gasteiger charge is 2.59. The quantitative estimate of drug-likeness (QED) is 0.704. The van der Waals surface area contributed by atoms with Crippen LogP contribution in [0.15, 0.2) is 36.8 Å². The number of phenolic OH excluding ortho intramolecular Hbond substituents is 1. The van der Waals surface area contributed by atoms with Crippen molar-refractivity contribution in [2.45, 2.75) is 69.4 Å². The maximum atomic E-state index is 12.6. The van der Waals surface area contributed by atoms with Crippen molar-refractivity contribution in [2.75, 3.05) is 32.7 Å². The minimum absolute atomic E-state index is 0.0912. The number of aryl methyl sites for hydroxylation is 1. The van der Waals surface area contributed by atoms with E-state index in [0.29, 0.717) is 5.75 Å². The van der Waals surface area contributed by atoms with Crippen molar-refractivity contribution in [3.8, 4) is 5.75 Å². The molecule has 1 saturated carbocycles. The van der Waals surface area contributed by atoms with Crippen LogP contribution in [0.2, 0.25) is 0 Å². The third-order valence-corrected chi connectivity index (χ3v) is 8.78. The van der Waals surface area contributed by atoms with Gasteiger partial charge in [0, 0.05) is 56.1 Å². The molecule has 3 heterocycles. The van der Waals surface area contributed by atoms with E-state index in [0.717, 1.165) is 75.6 Å². The molecule has 2 aromatic rings. The predicted molar refractivity (Wildman–Crippen MR) is 129 cm³/mol. The summed E-state index contributed by atoms with van der Waals surface area (Å²) < 4.78 is 0. The lowest BCUT2D eigenvalue weighted by molar-refractivity contribution is -0.136. The fourth-order valence-corrected chi connectivity index (χ4v) is 6.49. The molecular formula is C27H38N4O2. The van der Waals surface area contributed by atoms with Crippen molar-refractivity contribution in [3.63, 3.8) is 0 Å². The lowest BCUT2D eigenvalue weighted by atomic mass is 9.57. The molecule has 178 valence electrons. The van der Waals surface area contributed by atoms with Crippen molar-refractivity contribution >= 4 is 0 Å². The standard InChI is InChI=1S/C27H38N4O2/c1-20-3-6-24(32)17-25(20)26-8-14-30(13-7-23-18-28-11-12-29-23)15-10-27(26,33)21(2)31(16-9-26)19-22-4-5-22/h3,6,11-12,17-18,21-22,32-33H,4-5,7-10,13-16,19H2,1-2H3. The molecule has 2 aliphatic heterocycles. The molecule has 3 atom stereocenters. The van der Waals surface area contributed by atoms with Crippen LogP contribution in [0.1, 0.15) is 55.8 Å². The number of rotatable bonds is 6. The van der Waals surface area contributed by atoms with E-state index in [1.807, 2.05) is 18.3 Å². The molecule has 2 N–H and O–H groups in total. The minimum atomic E-state index is -0.833. The predicted octanol–water partition coefficient (Wildman–Crippen LogP) is 3.30. The van der Waals surface area contributed by atoms with Gasteiger partial charge in [-0.05, 0) is 88.2 Å². The van der Waals surface area contributed by atoms with Gasteiger partial charge in [-0.2, -0.15) is 0 Å². The molecule has 1 aromatic carbocycles. The Balaban J connectivity index is 1.45. The third kappa shape index (κ3) is 4.29. The van der Waals surface area contributed by atoms with Gasteiger partial charge in [0.15, 0.2) is 0 Å². The van der Waals surface area contributed by atoms with Gasteiger partial charge in [0.05, 0.1) is 11.3 Å². The highest BCUT2D eigenvalue weighted by molar-refractivity contribution is 5.43. The Morgan fingerprint density at radius 2 is 1.88 bits per heavy atom. The maximum absolute atomic E-state index is 12.6. The van der Waals surface area contributed by atoms with Crippen molar-refractivity contribution in [3.05, 3.63) is 53.6 Å². The third-order valence-electron chi connectivity index (χ3n) is 8.78. The summed E-state index contributed by atoms with van der Waals surface area (Å²) in [4.78, 5) is 13.7. The largest absolute Gasteiger partial charge is 0.508 e. The molecule has 3 unspecified atom stereocenters. The van der Waals surface area contributed by atoms with E-state index in [9.17, 15) is 10.2 Å². The van der Waals surface area contributed by atoms with Crippen molar-refractivity contribution in [1.29, 1.82) is 0 Å². The van der Waals surface area contributed by atoms with Gasteiger partial charge in [0.25, 0.3) is 0 Å². The van der Waals surface area contributed by atoms with E-state index in [1.165, 1.54) is 18.4 Å². The highest BCUT2D eigenvalue weighted by Crippen LogP contribution is 2.53. The first kappa shape index (κ1) is 22.8. The summed E-state index contributed by atoms with van der Waals surface area (Å²) in [6.07, 6.45) is 11.4. The van der Waals surface area contributed by atoms with Gasteiger partial charge < -0.3 is 15.1 Å². The molecule has 5 rings (SSSR count). The molecule has 33 heavy (non-hydrogen) atoms. The zero-order chi connectivity index (χ0) is 23.1. The number of nitrogens with zero attached hydrogens (tertiary/aromatic N) is 4. The summed E-state index contributed by atoms with van der Waals surface area (Å²) in [6.45, 7) is 9.21. The Morgan fingerprint density at radius 1 is 1.09 bits per heavy atom. The second kappa shape index (κ2) is 8.97. The number of aromatic hydroxyl groups is 1. The van der Waals surface area contributed by atoms with Gasteiger partial charge in [0.2, 0.25) is 0 Å². The second-order valence-corrected chi connectivity index (χ2v) is 10.7. The minimum Gasteiger partial charge on any atom is -0.508 e. The fourth-order valence-electron chi connectivity index (χ4n) is 6.49. The van der Waals surface area contributed by atoms with E-state index in [1.54, 1.807) is 18.5 Å². The first-order chi connectivity index (χ1) is 15.9. The number of likely N-dealkylation sites (tertiary alicyclic amines) is 2. The van der Waals surface area contributed by atoms with Crippen LogP contribution in [0.25, 0.3) is 0 Å². The molecule has 0 radical (unpaired) electrons. The average molecular weight is 451 g/mol. The lowest BCUT2D eigenvalue weighted by Crippen LogP contribution is -2.68. The summed E-state index contributed by atoms with van der Waals surface area (Å²) in [7, 11) is 0. The summed E-state index contributed by atoms with van der Waals surface area (Å²) in [5.41, 5.74) is 2.14. The molecule has 0 spiro atoms. The van der Waals surface area contributed by atoms with Crippen LogP contribution in [0.3, 0.4) is 0 Å². The molecule has 1 aromatic heterocycles. The molecule has 0 amide bonds. The van der Waals surface area contributed by atoms with E-state index in [4.69, 9.17) is 0 Å². The first-order valence-electron chi connectivity index (χ1n) is 12.6. The van der Waals surface area contributed by atoms with Crippen LogP contribution >= 0.6 is 0 Å². The summed E-state index contributed by atoms with van der Waals surface area (Å²) in [5, 5.41) is 23.0. The first-order valence-corrected chi connectivity index (χ1v) is 12.6. The number of aliphatic hydroxyl groups is 1. The molecule has 6 nitrogen and oxygen atoms in total. The van der Waals surface area contributed by atoms with Crippen molar-refractivity contribution < 1.29 is 10.2 Å². The van der Waals surface area contributed by atoms with E-state index in [-0.39, 0.29) is 11.5 Å². The zero-order valence-corrected chi connectivity index (χ0v) is 20.1. The molecule has 3 aliphatic rings. The average Bonchev–Trinajstić information content (AvgIpc) is 3.65. The number of hydrogen-bond acceptors (Lipinski definition) is 6. The maximum Gasteiger partial charge on any atom is 0.115 e. The normalized spacial score (nSPS) is 31.2. The van der Waals surface area contributed by atoms with Crippen LogP contribution in [-0.4, -0.2) is 74.3 Å². The lowest BCUT2D eigenvalue weighted by Gasteiger charge is -2.58. The molecule has 1 aliphatic carbocycles. The number of fused-ring (bicyclic) bond motifs is 1. The number of aromatic nitrogens is 2. The zero-order valence-electron chi connectivity index (χ0n) is 20.1. The van der Waals surface area contributed by atoms with Gasteiger partial charge in [-0.15, -0.1) is 0 Å². The summed E-state index contributed by atoms with van der Waals surface area (Å²) in [6, 6.07) is 5.80. The Hall–Kier alpha value is -2.02. The summed E-state index contributed by atoms with van der Waals surface area (Å²) in [5.74, 6) is 1.10. The van der Waals surface area contributed by atoms with Gasteiger partial charge >= 0.3 is 0 Å². The van der Waals surface area contributed by atoms with Crippen LogP contribution in [0.4, 0.5) is 0 Å². The number of piperidine rings is 1. The highest BCUT2D eigenvalue weighted by atomic mass is 16.3. The van der Waals surface area contributed by atoms with E-state index >= 15 is 0 Å². The van der Waals surface area contributed by atoms with Gasteiger partial charge in [-0.1, -0.05) is 6.07 Å². The topological polar surface area (TPSA) is 72.7 Å². The van der Waals surface area contributed by atoms with Crippen LogP contribution < -0.4 is 0 Å². The van der Waals surface area contributed by atoms with Gasteiger partial charge in [-0.25, -0.2) is 0 Å². The molecule has 6 heteroatoms. The van der Waals surface area contributed by atoms with Crippen LogP contribution in [0, 0.1) is 12.8 Å². The molecular weight excluding hydrogens is 412 g/mol. The van der Waals surface area contributed by atoms with Gasteiger partial charge in [-0.3, -0.25) is 14.9 Å². The molecule has 2 saturated heterocycles. The SMILES string of the molecule is Cc1ccc(O)cc1C12CCN(CCc3cnccn3)CCC1(O)C(C)N(CC1CC1)CC2. The van der Waals surface area contributed by atoms with Crippen molar-refractivity contribution in [2.24, 2.45) is 5.92 Å². The molecule has 3 fully saturated rings. The van der Waals surface area contributed by atoms with Crippen LogP contribution in [0.5, 0.6) is 5.75 Å². The van der Waals surface area contributed by atoms with E-state index < -0.39 is 5.60 Å². The second-order valence-electron chi connectivity index (χ2n) is 10.7. The van der Waals surface area contributed by atoms with Crippen molar-refractivity contribution in [1.82, 2.24) is 19.8 Å². The molecule has 0 bridgehead atoms. The Bertz CT molecular complexity index is 966. The van der Waals surface area contributed by atoms with Crippen LogP contribution in [-0.2, 0) is 11.8 Å². The fraction of sp³-hybridized carbons (Fsp3) is 0.630. The number of benzene rings is 1. The Kier molecular flexibility index (Phi) is 6.19.